The van der Waals surface area contributed by atoms with Gasteiger partial charge in [0.1, 0.15) is 11.5 Å². The Kier molecular flexibility index (Phi) is 6.40. The summed E-state index contributed by atoms with van der Waals surface area (Å²) in [6.45, 7) is 0. The fourth-order valence-corrected chi connectivity index (χ4v) is 9.35. The number of rotatable bonds is 4. The Bertz CT molecular complexity index is 3320. The van der Waals surface area contributed by atoms with Gasteiger partial charge < -0.3 is 4.74 Å². The molecule has 0 N–H and O–H groups in total. The Labute approximate surface area is 318 Å². The van der Waals surface area contributed by atoms with Crippen LogP contribution in [0.2, 0.25) is 0 Å². The van der Waals surface area contributed by atoms with Crippen LogP contribution >= 0.6 is 0 Å². The van der Waals surface area contributed by atoms with Crippen molar-refractivity contribution >= 4 is 53.9 Å². The van der Waals surface area contributed by atoms with Gasteiger partial charge in [-0.3, -0.25) is 0 Å². The summed E-state index contributed by atoms with van der Waals surface area (Å²) in [5.74, 6) is 1.80. The van der Waals surface area contributed by atoms with Crippen molar-refractivity contribution in [2.45, 2.75) is 0 Å². The molecule has 1 heteroatoms. The van der Waals surface area contributed by atoms with Gasteiger partial charge in [-0.2, -0.15) is 0 Å². The minimum Gasteiger partial charge on any atom is -0.456 e. The van der Waals surface area contributed by atoms with Crippen LogP contribution in [0.3, 0.4) is 0 Å². The summed E-state index contributed by atoms with van der Waals surface area (Å²) < 4.78 is 6.62. The zero-order valence-corrected chi connectivity index (χ0v) is 29.9. The SMILES string of the molecule is c1ccc(-c2ccc3c(c2)-c2cccc4c(-c5ccc(-c6ccc7ccc8c(-c9ccccc9)ccc9ccc6c7c98)c6ccccc56)ccc(c24)O3)cc1. The Balaban J connectivity index is 1.04. The Morgan fingerprint density at radius 2 is 0.727 bits per heavy atom. The fraction of sp³-hybridized carbons (Fsp3) is 0. The molecule has 0 bridgehead atoms. The van der Waals surface area contributed by atoms with Crippen molar-refractivity contribution in [1.29, 1.82) is 0 Å². The van der Waals surface area contributed by atoms with Gasteiger partial charge in [0.15, 0.2) is 0 Å². The highest BCUT2D eigenvalue weighted by Crippen LogP contribution is 2.51. The molecule has 12 rings (SSSR count). The van der Waals surface area contributed by atoms with Crippen molar-refractivity contribution in [3.05, 3.63) is 194 Å². The van der Waals surface area contributed by atoms with Crippen molar-refractivity contribution in [3.8, 4) is 67.1 Å². The number of ether oxygens (including phenoxy) is 1. The van der Waals surface area contributed by atoms with Crippen LogP contribution in [0.15, 0.2) is 194 Å². The quantitative estimate of drug-likeness (QED) is 0.166. The lowest BCUT2D eigenvalue weighted by Crippen LogP contribution is -1.98. The average Bonchev–Trinajstić information content (AvgIpc) is 3.26. The van der Waals surface area contributed by atoms with E-state index < -0.39 is 0 Å². The molecule has 254 valence electrons. The van der Waals surface area contributed by atoms with Crippen LogP contribution in [0.5, 0.6) is 11.5 Å². The molecule has 0 unspecified atom stereocenters. The normalized spacial score (nSPS) is 12.1. The topological polar surface area (TPSA) is 9.23 Å². The van der Waals surface area contributed by atoms with E-state index in [9.17, 15) is 0 Å². The summed E-state index contributed by atoms with van der Waals surface area (Å²) >= 11 is 0. The molecule has 0 saturated carbocycles. The zero-order chi connectivity index (χ0) is 36.0. The molecule has 11 aromatic carbocycles. The van der Waals surface area contributed by atoms with Gasteiger partial charge in [-0.05, 0) is 117 Å². The first kappa shape index (κ1) is 30.3. The van der Waals surface area contributed by atoms with Crippen LogP contribution in [0.1, 0.15) is 0 Å². The van der Waals surface area contributed by atoms with Gasteiger partial charge in [0, 0.05) is 10.9 Å². The minimum absolute atomic E-state index is 0.895. The molecular formula is C54H32O. The van der Waals surface area contributed by atoms with Crippen LogP contribution in [-0.4, -0.2) is 0 Å². The standard InChI is InChI=1S/C54H32O/c1-3-10-33(11-4-1)37-22-30-50-49(32-37)46-17-9-16-45-44(29-31-51(55-50)54(45)46)42-28-27-41(39-14-7-8-15-40(39)42)43-24-19-36-20-25-47-38(34-12-5-2-6-13-34)23-18-35-21-26-48(43)53(36)52(35)47/h1-32H. The van der Waals surface area contributed by atoms with E-state index in [0.29, 0.717) is 0 Å². The average molecular weight is 697 g/mol. The summed E-state index contributed by atoms with van der Waals surface area (Å²) in [4.78, 5) is 0. The van der Waals surface area contributed by atoms with E-state index in [-0.39, 0.29) is 0 Å². The van der Waals surface area contributed by atoms with E-state index in [1.54, 1.807) is 0 Å². The van der Waals surface area contributed by atoms with Crippen molar-refractivity contribution in [2.24, 2.45) is 0 Å². The Hall–Kier alpha value is -7.22. The second kappa shape index (κ2) is 11.6. The van der Waals surface area contributed by atoms with Crippen LogP contribution < -0.4 is 4.74 Å². The van der Waals surface area contributed by atoms with E-state index in [0.717, 1.165) is 22.4 Å². The van der Waals surface area contributed by atoms with Gasteiger partial charge in [0.25, 0.3) is 0 Å². The van der Waals surface area contributed by atoms with Gasteiger partial charge >= 0.3 is 0 Å². The van der Waals surface area contributed by atoms with E-state index in [4.69, 9.17) is 4.74 Å². The molecule has 0 spiro atoms. The lowest BCUT2D eigenvalue weighted by Gasteiger charge is -2.24. The third-order valence-corrected chi connectivity index (χ3v) is 11.9. The lowest BCUT2D eigenvalue weighted by atomic mass is 9.84. The highest BCUT2D eigenvalue weighted by atomic mass is 16.5. The molecule has 0 saturated heterocycles. The first-order valence-corrected chi connectivity index (χ1v) is 19.0. The van der Waals surface area contributed by atoms with E-state index >= 15 is 0 Å². The molecule has 11 aromatic rings. The smallest absolute Gasteiger partial charge is 0.135 e. The third-order valence-electron chi connectivity index (χ3n) is 11.9. The van der Waals surface area contributed by atoms with Gasteiger partial charge in [0.05, 0.1) is 0 Å². The molecular weight excluding hydrogens is 665 g/mol. The van der Waals surface area contributed by atoms with Crippen molar-refractivity contribution < 1.29 is 4.74 Å². The first-order chi connectivity index (χ1) is 27.3. The maximum atomic E-state index is 6.62. The van der Waals surface area contributed by atoms with Crippen molar-refractivity contribution in [2.75, 3.05) is 0 Å². The number of hydrogen-bond acceptors (Lipinski definition) is 1. The summed E-state index contributed by atoms with van der Waals surface area (Å²) in [5, 5.41) is 12.6. The summed E-state index contributed by atoms with van der Waals surface area (Å²) in [6, 6.07) is 71.0. The summed E-state index contributed by atoms with van der Waals surface area (Å²) in [5.41, 5.74) is 12.2. The van der Waals surface area contributed by atoms with Crippen LogP contribution in [0.25, 0.3) is 109 Å². The number of fused-ring (bicyclic) bond motifs is 3. The van der Waals surface area contributed by atoms with Crippen molar-refractivity contribution in [1.82, 2.24) is 0 Å². The maximum Gasteiger partial charge on any atom is 0.135 e. The monoisotopic (exact) mass is 696 g/mol. The molecule has 1 heterocycles. The van der Waals surface area contributed by atoms with E-state index in [1.165, 1.54) is 98.5 Å². The Morgan fingerprint density at radius 3 is 1.42 bits per heavy atom. The third kappa shape index (κ3) is 4.48. The van der Waals surface area contributed by atoms with E-state index in [2.05, 4.69) is 194 Å². The van der Waals surface area contributed by atoms with Crippen LogP contribution in [0.4, 0.5) is 0 Å². The first-order valence-electron chi connectivity index (χ1n) is 19.0. The van der Waals surface area contributed by atoms with E-state index in [1.807, 2.05) is 0 Å². The second-order valence-corrected chi connectivity index (χ2v) is 14.7. The van der Waals surface area contributed by atoms with Gasteiger partial charge in [0.2, 0.25) is 0 Å². The fourth-order valence-electron chi connectivity index (χ4n) is 9.35. The summed E-state index contributed by atoms with van der Waals surface area (Å²) in [6.07, 6.45) is 0. The molecule has 0 radical (unpaired) electrons. The predicted molar refractivity (Wildman–Crippen MR) is 232 cm³/mol. The Morgan fingerprint density at radius 1 is 0.236 bits per heavy atom. The molecule has 0 aliphatic carbocycles. The van der Waals surface area contributed by atoms with Gasteiger partial charge in [-0.1, -0.05) is 176 Å². The second-order valence-electron chi connectivity index (χ2n) is 14.7. The molecule has 0 amide bonds. The largest absolute Gasteiger partial charge is 0.456 e. The van der Waals surface area contributed by atoms with Crippen LogP contribution in [0, 0.1) is 0 Å². The zero-order valence-electron chi connectivity index (χ0n) is 29.9. The van der Waals surface area contributed by atoms with Gasteiger partial charge in [-0.15, -0.1) is 0 Å². The summed E-state index contributed by atoms with van der Waals surface area (Å²) in [7, 11) is 0. The maximum absolute atomic E-state index is 6.62. The van der Waals surface area contributed by atoms with Crippen molar-refractivity contribution in [3.63, 3.8) is 0 Å². The molecule has 55 heavy (non-hydrogen) atoms. The number of hydrogen-bond donors (Lipinski definition) is 0. The van der Waals surface area contributed by atoms with Gasteiger partial charge in [-0.25, -0.2) is 0 Å². The lowest BCUT2D eigenvalue weighted by molar-refractivity contribution is 0.487. The molecule has 0 aromatic heterocycles. The highest BCUT2D eigenvalue weighted by molar-refractivity contribution is 6.28. The molecule has 1 aliphatic rings. The predicted octanol–water partition coefficient (Wildman–Crippen LogP) is 15.3. The number of benzene rings is 11. The highest BCUT2D eigenvalue weighted by Gasteiger charge is 2.23. The molecule has 0 fully saturated rings. The molecule has 0 atom stereocenters. The van der Waals surface area contributed by atoms with Crippen LogP contribution in [-0.2, 0) is 0 Å². The molecule has 1 aliphatic heterocycles. The molecule has 1 nitrogen and oxygen atoms in total. The minimum atomic E-state index is 0.895.